The zero-order chi connectivity index (χ0) is 13.8. The van der Waals surface area contributed by atoms with Gasteiger partial charge in [0, 0.05) is 34.3 Å². The van der Waals surface area contributed by atoms with Crippen molar-refractivity contribution in [2.45, 2.75) is 13.1 Å². The van der Waals surface area contributed by atoms with E-state index in [0.717, 1.165) is 0 Å². The van der Waals surface area contributed by atoms with Gasteiger partial charge in [0.15, 0.2) is 0 Å². The van der Waals surface area contributed by atoms with Crippen LogP contribution in [0.25, 0.3) is 0 Å². The molecule has 0 amide bonds. The Kier molecular flexibility index (Phi) is 4.75. The summed E-state index contributed by atoms with van der Waals surface area (Å²) in [5.74, 6) is -0.778. The molecule has 0 heterocycles. The lowest BCUT2D eigenvalue weighted by Gasteiger charge is -2.09. The Bertz CT molecular complexity index is 496. The van der Waals surface area contributed by atoms with Gasteiger partial charge < -0.3 is 5.32 Å². The van der Waals surface area contributed by atoms with Crippen LogP contribution >= 0.6 is 23.2 Å². The third-order valence-electron chi connectivity index (χ3n) is 2.73. The fraction of sp³-hybridized carbons (Fsp3) is 0.143. The SMILES string of the molecule is Fc1cccc(Cl)c1CNCc1c(F)cccc1Cl. The maximum atomic E-state index is 13.5. The van der Waals surface area contributed by atoms with Gasteiger partial charge in [-0.05, 0) is 24.3 Å². The molecule has 1 N–H and O–H groups in total. The van der Waals surface area contributed by atoms with Gasteiger partial charge in [-0.25, -0.2) is 8.78 Å². The van der Waals surface area contributed by atoms with E-state index in [4.69, 9.17) is 23.2 Å². The Morgan fingerprint density at radius 2 is 1.21 bits per heavy atom. The van der Waals surface area contributed by atoms with Crippen LogP contribution < -0.4 is 5.32 Å². The zero-order valence-electron chi connectivity index (χ0n) is 9.89. The highest BCUT2D eigenvalue weighted by Crippen LogP contribution is 2.21. The average Bonchev–Trinajstić information content (AvgIpc) is 2.36. The Morgan fingerprint density at radius 1 is 0.789 bits per heavy atom. The molecular weight excluding hydrogens is 291 g/mol. The molecule has 2 aromatic carbocycles. The van der Waals surface area contributed by atoms with Crippen LogP contribution in [0.3, 0.4) is 0 Å². The molecule has 1 nitrogen and oxygen atoms in total. The van der Waals surface area contributed by atoms with Crippen molar-refractivity contribution in [2.24, 2.45) is 0 Å². The van der Waals surface area contributed by atoms with Gasteiger partial charge in [-0.3, -0.25) is 0 Å². The van der Waals surface area contributed by atoms with Crippen molar-refractivity contribution < 1.29 is 8.78 Å². The molecule has 2 rings (SSSR count). The summed E-state index contributed by atoms with van der Waals surface area (Å²) in [6, 6.07) is 8.96. The highest BCUT2D eigenvalue weighted by Gasteiger charge is 2.09. The molecule has 0 aromatic heterocycles. The van der Waals surface area contributed by atoms with Crippen molar-refractivity contribution in [3.8, 4) is 0 Å². The van der Waals surface area contributed by atoms with Gasteiger partial charge in [0.2, 0.25) is 0 Å². The lowest BCUT2D eigenvalue weighted by molar-refractivity contribution is 0.569. The van der Waals surface area contributed by atoms with Gasteiger partial charge in [0.05, 0.1) is 0 Å². The van der Waals surface area contributed by atoms with Gasteiger partial charge in [0.25, 0.3) is 0 Å². The van der Waals surface area contributed by atoms with Crippen LogP contribution in [0, 0.1) is 11.6 Å². The summed E-state index contributed by atoms with van der Waals surface area (Å²) in [6.45, 7) is 0.409. The molecule has 0 bridgehead atoms. The molecule has 0 aliphatic carbocycles. The predicted molar refractivity (Wildman–Crippen MR) is 73.4 cm³/mol. The molecule has 2 aromatic rings. The van der Waals surface area contributed by atoms with E-state index in [9.17, 15) is 8.78 Å². The normalized spacial score (nSPS) is 10.7. The van der Waals surface area contributed by atoms with E-state index < -0.39 is 0 Å². The highest BCUT2D eigenvalue weighted by molar-refractivity contribution is 6.31. The molecule has 0 unspecified atom stereocenters. The second-order valence-corrected chi connectivity index (χ2v) is 4.82. The van der Waals surface area contributed by atoms with Crippen molar-refractivity contribution in [1.29, 1.82) is 0 Å². The van der Waals surface area contributed by atoms with Gasteiger partial charge in [-0.2, -0.15) is 0 Å². The number of hydrogen-bond acceptors (Lipinski definition) is 1. The Hall–Kier alpha value is -1.16. The van der Waals surface area contributed by atoms with E-state index in [1.165, 1.54) is 24.3 Å². The average molecular weight is 302 g/mol. The van der Waals surface area contributed by atoms with Crippen LogP contribution in [-0.4, -0.2) is 0 Å². The minimum Gasteiger partial charge on any atom is -0.308 e. The second kappa shape index (κ2) is 6.33. The quantitative estimate of drug-likeness (QED) is 0.873. The fourth-order valence-electron chi connectivity index (χ4n) is 1.71. The Morgan fingerprint density at radius 3 is 1.58 bits per heavy atom. The molecule has 0 saturated heterocycles. The summed E-state index contributed by atoms with van der Waals surface area (Å²) in [6.07, 6.45) is 0. The molecule has 0 fully saturated rings. The highest BCUT2D eigenvalue weighted by atomic mass is 35.5. The smallest absolute Gasteiger partial charge is 0.129 e. The number of halogens is 4. The fourth-order valence-corrected chi connectivity index (χ4v) is 2.17. The number of benzene rings is 2. The van der Waals surface area contributed by atoms with Crippen molar-refractivity contribution in [3.63, 3.8) is 0 Å². The molecule has 0 saturated carbocycles. The van der Waals surface area contributed by atoms with E-state index in [1.54, 1.807) is 12.1 Å². The van der Waals surface area contributed by atoms with Crippen molar-refractivity contribution in [3.05, 3.63) is 69.2 Å². The topological polar surface area (TPSA) is 12.0 Å². The van der Waals surface area contributed by atoms with Crippen LogP contribution in [0.4, 0.5) is 8.78 Å². The first-order valence-corrected chi connectivity index (χ1v) is 6.41. The van der Waals surface area contributed by atoms with Crippen molar-refractivity contribution >= 4 is 23.2 Å². The molecule has 100 valence electrons. The lowest BCUT2D eigenvalue weighted by atomic mass is 10.2. The Labute approximate surface area is 120 Å². The number of hydrogen-bond donors (Lipinski definition) is 1. The first-order valence-electron chi connectivity index (χ1n) is 5.66. The van der Waals surface area contributed by atoms with Gasteiger partial charge in [-0.1, -0.05) is 35.3 Å². The van der Waals surface area contributed by atoms with Crippen LogP contribution in [0.5, 0.6) is 0 Å². The van der Waals surface area contributed by atoms with Crippen LogP contribution in [-0.2, 0) is 13.1 Å². The first kappa shape index (κ1) is 14.3. The number of rotatable bonds is 4. The van der Waals surface area contributed by atoms with E-state index in [-0.39, 0.29) is 24.7 Å². The molecule has 0 aliphatic rings. The second-order valence-electron chi connectivity index (χ2n) is 4.00. The largest absolute Gasteiger partial charge is 0.308 e. The summed E-state index contributed by atoms with van der Waals surface area (Å²) in [4.78, 5) is 0. The summed E-state index contributed by atoms with van der Waals surface area (Å²) in [7, 11) is 0. The molecule has 0 radical (unpaired) electrons. The summed E-state index contributed by atoms with van der Waals surface area (Å²) >= 11 is 11.8. The Balaban J connectivity index is 2.05. The maximum Gasteiger partial charge on any atom is 0.129 e. The number of nitrogens with one attached hydrogen (secondary N) is 1. The molecule has 0 aliphatic heterocycles. The molecule has 19 heavy (non-hydrogen) atoms. The molecule has 0 atom stereocenters. The first-order chi connectivity index (χ1) is 9.09. The molecule has 0 spiro atoms. The monoisotopic (exact) mass is 301 g/mol. The van der Waals surface area contributed by atoms with Crippen LogP contribution in [0.2, 0.25) is 10.0 Å². The molecular formula is C14H11Cl2F2N. The minimum atomic E-state index is -0.389. The zero-order valence-corrected chi connectivity index (χ0v) is 11.4. The third-order valence-corrected chi connectivity index (χ3v) is 3.44. The van der Waals surface area contributed by atoms with Crippen LogP contribution in [0.1, 0.15) is 11.1 Å². The maximum absolute atomic E-state index is 13.5. The summed E-state index contributed by atoms with van der Waals surface area (Å²) < 4.78 is 27.0. The van der Waals surface area contributed by atoms with E-state index >= 15 is 0 Å². The standard InChI is InChI=1S/C14H11Cl2F2N/c15-11-3-1-5-13(17)9(11)7-19-8-10-12(16)4-2-6-14(10)18/h1-6,19H,7-8H2. The summed E-state index contributed by atoms with van der Waals surface area (Å²) in [5, 5.41) is 3.61. The van der Waals surface area contributed by atoms with Gasteiger partial charge >= 0.3 is 0 Å². The van der Waals surface area contributed by atoms with E-state index in [1.807, 2.05) is 0 Å². The minimum absolute atomic E-state index is 0.205. The van der Waals surface area contributed by atoms with E-state index in [2.05, 4.69) is 5.32 Å². The third kappa shape index (κ3) is 3.44. The van der Waals surface area contributed by atoms with Crippen molar-refractivity contribution in [1.82, 2.24) is 5.32 Å². The van der Waals surface area contributed by atoms with Crippen LogP contribution in [0.15, 0.2) is 36.4 Å². The summed E-state index contributed by atoms with van der Waals surface area (Å²) in [5.41, 5.74) is 0.716. The van der Waals surface area contributed by atoms with E-state index in [0.29, 0.717) is 21.2 Å². The van der Waals surface area contributed by atoms with Gasteiger partial charge in [-0.15, -0.1) is 0 Å². The van der Waals surface area contributed by atoms with Gasteiger partial charge in [0.1, 0.15) is 11.6 Å². The lowest BCUT2D eigenvalue weighted by Crippen LogP contribution is -2.15. The molecule has 5 heteroatoms. The van der Waals surface area contributed by atoms with Crippen molar-refractivity contribution in [2.75, 3.05) is 0 Å². The predicted octanol–water partition coefficient (Wildman–Crippen LogP) is 4.56.